The standard InChI is InChI=1S/C14H21N3OS/c1-19-11-6-4-5-10(9-11)16-14(18)12-7-2-3-8-13(12)17-15/h2-3,7-8,10-11,17H,4-6,9,15H2,1H3,(H,16,18). The lowest BCUT2D eigenvalue weighted by Crippen LogP contribution is -2.39. The van der Waals surface area contributed by atoms with E-state index in [1.165, 1.54) is 12.8 Å². The summed E-state index contributed by atoms with van der Waals surface area (Å²) in [7, 11) is 0. The Hall–Kier alpha value is -1.20. The lowest BCUT2D eigenvalue weighted by Gasteiger charge is -2.28. The molecular formula is C14H21N3OS. The minimum Gasteiger partial charge on any atom is -0.349 e. The Morgan fingerprint density at radius 3 is 2.89 bits per heavy atom. The number of hydrazine groups is 1. The number of amides is 1. The molecule has 1 fully saturated rings. The van der Waals surface area contributed by atoms with Gasteiger partial charge in [0.25, 0.3) is 5.91 Å². The van der Waals surface area contributed by atoms with Gasteiger partial charge in [0, 0.05) is 11.3 Å². The fraction of sp³-hybridized carbons (Fsp3) is 0.500. The van der Waals surface area contributed by atoms with Crippen LogP contribution in [0.25, 0.3) is 0 Å². The van der Waals surface area contributed by atoms with Crippen molar-refractivity contribution in [2.75, 3.05) is 11.7 Å². The van der Waals surface area contributed by atoms with Crippen LogP contribution >= 0.6 is 11.8 Å². The Morgan fingerprint density at radius 2 is 2.16 bits per heavy atom. The van der Waals surface area contributed by atoms with Crippen LogP contribution in [-0.2, 0) is 0 Å². The summed E-state index contributed by atoms with van der Waals surface area (Å²) in [5.74, 6) is 5.39. The van der Waals surface area contributed by atoms with Gasteiger partial charge in [-0.3, -0.25) is 10.6 Å². The molecule has 0 aliphatic heterocycles. The highest BCUT2D eigenvalue weighted by Gasteiger charge is 2.23. The summed E-state index contributed by atoms with van der Waals surface area (Å²) >= 11 is 1.90. The molecule has 5 heteroatoms. The number of thioether (sulfide) groups is 1. The van der Waals surface area contributed by atoms with E-state index in [9.17, 15) is 4.79 Å². The van der Waals surface area contributed by atoms with E-state index in [0.29, 0.717) is 16.5 Å². The lowest BCUT2D eigenvalue weighted by atomic mass is 9.94. The number of nitrogens with two attached hydrogens (primary N) is 1. The molecule has 0 radical (unpaired) electrons. The number of benzene rings is 1. The molecule has 4 N–H and O–H groups in total. The highest BCUT2D eigenvalue weighted by molar-refractivity contribution is 7.99. The minimum atomic E-state index is -0.0414. The number of nitrogens with one attached hydrogen (secondary N) is 2. The molecule has 1 aliphatic rings. The summed E-state index contributed by atoms with van der Waals surface area (Å²) in [4.78, 5) is 12.3. The van der Waals surface area contributed by atoms with Gasteiger partial charge >= 0.3 is 0 Å². The van der Waals surface area contributed by atoms with Gasteiger partial charge in [-0.2, -0.15) is 11.8 Å². The van der Waals surface area contributed by atoms with E-state index in [-0.39, 0.29) is 11.9 Å². The monoisotopic (exact) mass is 279 g/mol. The van der Waals surface area contributed by atoms with Crippen LogP contribution in [0.1, 0.15) is 36.0 Å². The van der Waals surface area contributed by atoms with Crippen LogP contribution in [0.15, 0.2) is 24.3 Å². The van der Waals surface area contributed by atoms with E-state index < -0.39 is 0 Å². The van der Waals surface area contributed by atoms with Crippen LogP contribution in [0.5, 0.6) is 0 Å². The molecule has 0 heterocycles. The third kappa shape index (κ3) is 3.64. The second-order valence-corrected chi connectivity index (χ2v) is 6.02. The van der Waals surface area contributed by atoms with Gasteiger partial charge in [-0.15, -0.1) is 0 Å². The molecule has 2 atom stereocenters. The van der Waals surface area contributed by atoms with Crippen molar-refractivity contribution in [3.05, 3.63) is 29.8 Å². The predicted molar refractivity (Wildman–Crippen MR) is 81.3 cm³/mol. The Kier molecular flexibility index (Phi) is 5.10. The van der Waals surface area contributed by atoms with E-state index >= 15 is 0 Å². The number of anilines is 1. The summed E-state index contributed by atoms with van der Waals surface area (Å²) in [6.45, 7) is 0. The Labute approximate surface area is 118 Å². The first-order valence-corrected chi connectivity index (χ1v) is 7.92. The average Bonchev–Trinajstić information content (AvgIpc) is 2.47. The summed E-state index contributed by atoms with van der Waals surface area (Å²) in [6, 6.07) is 7.59. The Morgan fingerprint density at radius 1 is 1.37 bits per heavy atom. The fourth-order valence-corrected chi connectivity index (χ4v) is 3.39. The van der Waals surface area contributed by atoms with E-state index in [4.69, 9.17) is 5.84 Å². The van der Waals surface area contributed by atoms with Crippen molar-refractivity contribution in [1.29, 1.82) is 0 Å². The van der Waals surface area contributed by atoms with Gasteiger partial charge in [0.1, 0.15) is 0 Å². The third-order valence-electron chi connectivity index (χ3n) is 3.62. The highest BCUT2D eigenvalue weighted by Crippen LogP contribution is 2.27. The summed E-state index contributed by atoms with van der Waals surface area (Å²) in [5, 5.41) is 3.79. The number of para-hydroxylation sites is 1. The van der Waals surface area contributed by atoms with Crippen molar-refractivity contribution in [3.8, 4) is 0 Å². The molecule has 0 bridgehead atoms. The number of rotatable bonds is 4. The number of nitrogen functional groups attached to an aromatic ring is 1. The van der Waals surface area contributed by atoms with E-state index in [0.717, 1.165) is 12.8 Å². The van der Waals surface area contributed by atoms with Gasteiger partial charge in [-0.1, -0.05) is 18.6 Å². The lowest BCUT2D eigenvalue weighted by molar-refractivity contribution is 0.0929. The molecule has 1 amide bonds. The van der Waals surface area contributed by atoms with Gasteiger partial charge in [0.05, 0.1) is 11.3 Å². The topological polar surface area (TPSA) is 67.2 Å². The van der Waals surface area contributed by atoms with E-state index in [1.54, 1.807) is 12.1 Å². The Bertz CT molecular complexity index is 438. The summed E-state index contributed by atoms with van der Waals surface area (Å²) in [6.07, 6.45) is 6.72. The SMILES string of the molecule is CSC1CCCC(NC(=O)c2ccccc2NN)C1. The van der Waals surface area contributed by atoms with Crippen molar-refractivity contribution >= 4 is 23.4 Å². The smallest absolute Gasteiger partial charge is 0.253 e. The van der Waals surface area contributed by atoms with E-state index in [1.807, 2.05) is 23.9 Å². The third-order valence-corrected chi connectivity index (χ3v) is 4.72. The van der Waals surface area contributed by atoms with Crippen LogP contribution in [0.4, 0.5) is 5.69 Å². The van der Waals surface area contributed by atoms with Crippen molar-refractivity contribution in [2.45, 2.75) is 37.0 Å². The van der Waals surface area contributed by atoms with Crippen LogP contribution in [0.2, 0.25) is 0 Å². The molecule has 1 aromatic carbocycles. The molecule has 4 nitrogen and oxygen atoms in total. The Balaban J connectivity index is 2.00. The molecule has 0 aromatic heterocycles. The molecule has 1 aliphatic carbocycles. The molecule has 2 unspecified atom stereocenters. The van der Waals surface area contributed by atoms with Gasteiger partial charge in [-0.25, -0.2) is 0 Å². The molecule has 0 saturated heterocycles. The quantitative estimate of drug-likeness (QED) is 0.585. The second-order valence-electron chi connectivity index (χ2n) is 4.88. The number of carbonyl (C=O) groups excluding carboxylic acids is 1. The zero-order valence-corrected chi connectivity index (χ0v) is 12.0. The first-order valence-electron chi connectivity index (χ1n) is 6.64. The fourth-order valence-electron chi connectivity index (χ4n) is 2.56. The number of hydrogen-bond donors (Lipinski definition) is 3. The minimum absolute atomic E-state index is 0.0414. The average molecular weight is 279 g/mol. The van der Waals surface area contributed by atoms with Gasteiger partial charge in [-0.05, 0) is 37.7 Å². The zero-order valence-electron chi connectivity index (χ0n) is 11.2. The van der Waals surface area contributed by atoms with Gasteiger partial charge in [0.2, 0.25) is 0 Å². The largest absolute Gasteiger partial charge is 0.349 e. The summed E-state index contributed by atoms with van der Waals surface area (Å²) in [5.41, 5.74) is 3.84. The van der Waals surface area contributed by atoms with Crippen LogP contribution in [0, 0.1) is 0 Å². The van der Waals surface area contributed by atoms with E-state index in [2.05, 4.69) is 17.0 Å². The molecule has 1 saturated carbocycles. The van der Waals surface area contributed by atoms with Crippen molar-refractivity contribution in [3.63, 3.8) is 0 Å². The van der Waals surface area contributed by atoms with Gasteiger partial charge in [0.15, 0.2) is 0 Å². The maximum absolute atomic E-state index is 12.3. The molecule has 19 heavy (non-hydrogen) atoms. The predicted octanol–water partition coefficient (Wildman–Crippen LogP) is 2.38. The normalized spacial score (nSPS) is 22.8. The molecule has 2 rings (SSSR count). The van der Waals surface area contributed by atoms with Gasteiger partial charge < -0.3 is 10.7 Å². The van der Waals surface area contributed by atoms with Crippen LogP contribution < -0.4 is 16.6 Å². The van der Waals surface area contributed by atoms with Crippen LogP contribution in [0.3, 0.4) is 0 Å². The molecule has 104 valence electrons. The second kappa shape index (κ2) is 6.82. The zero-order chi connectivity index (χ0) is 13.7. The number of hydrogen-bond acceptors (Lipinski definition) is 4. The van der Waals surface area contributed by atoms with Crippen molar-refractivity contribution in [1.82, 2.24) is 5.32 Å². The first kappa shape index (κ1) is 14.2. The van der Waals surface area contributed by atoms with Crippen LogP contribution in [-0.4, -0.2) is 23.5 Å². The maximum Gasteiger partial charge on any atom is 0.253 e. The van der Waals surface area contributed by atoms with Crippen molar-refractivity contribution < 1.29 is 4.79 Å². The first-order chi connectivity index (χ1) is 9.24. The molecule has 1 aromatic rings. The molecular weight excluding hydrogens is 258 g/mol. The van der Waals surface area contributed by atoms with Crippen molar-refractivity contribution in [2.24, 2.45) is 5.84 Å². The highest BCUT2D eigenvalue weighted by atomic mass is 32.2. The molecule has 0 spiro atoms. The maximum atomic E-state index is 12.3. The summed E-state index contributed by atoms with van der Waals surface area (Å²) < 4.78 is 0. The number of carbonyl (C=O) groups is 1.